The molecule has 0 unspecified atom stereocenters. The van der Waals surface area contributed by atoms with Crippen LogP contribution in [0.1, 0.15) is 5.69 Å². The average Bonchev–Trinajstić information content (AvgIpc) is 2.82. The lowest BCUT2D eigenvalue weighted by Gasteiger charge is -2.08. The first-order valence-electron chi connectivity index (χ1n) is 5.84. The predicted molar refractivity (Wildman–Crippen MR) is 83.7 cm³/mol. The van der Waals surface area contributed by atoms with Crippen molar-refractivity contribution in [1.29, 1.82) is 0 Å². The monoisotopic (exact) mass is 329 g/mol. The van der Waals surface area contributed by atoms with E-state index >= 15 is 0 Å². The highest BCUT2D eigenvalue weighted by atomic mass is 35.5. The fourth-order valence-electron chi connectivity index (χ4n) is 1.44. The lowest BCUT2D eigenvalue weighted by Crippen LogP contribution is -2.04. The summed E-state index contributed by atoms with van der Waals surface area (Å²) in [6.07, 6.45) is 0. The molecule has 0 saturated carbocycles. The zero-order chi connectivity index (χ0) is 14.4. The third kappa shape index (κ3) is 4.86. The Bertz CT molecular complexity index is 563. The number of methoxy groups -OCH3 is 1. The Balaban J connectivity index is 1.96. The number of ether oxygens (including phenoxy) is 2. The van der Waals surface area contributed by atoms with Crippen molar-refractivity contribution in [3.8, 4) is 5.75 Å². The Labute approximate surface area is 131 Å². The number of aromatic nitrogens is 1. The number of benzene rings is 1. The summed E-state index contributed by atoms with van der Waals surface area (Å²) >= 11 is 8.82. The van der Waals surface area contributed by atoms with Crippen LogP contribution < -0.4 is 10.5 Å². The topological polar surface area (TPSA) is 57.4 Å². The molecule has 2 rings (SSSR count). The maximum Gasteiger partial charge on any atom is 0.183 e. The molecular formula is C13H14ClN2O2S2. The Morgan fingerprint density at radius 1 is 1.45 bits per heavy atom. The lowest BCUT2D eigenvalue weighted by atomic mass is 10.3. The van der Waals surface area contributed by atoms with Crippen molar-refractivity contribution in [1.82, 2.24) is 4.98 Å². The predicted octanol–water partition coefficient (Wildman–Crippen LogP) is 3.50. The summed E-state index contributed by atoms with van der Waals surface area (Å²) in [5.41, 5.74) is 7.32. The fourth-order valence-corrected chi connectivity index (χ4v) is 3.17. The van der Waals surface area contributed by atoms with Crippen LogP contribution >= 0.6 is 34.7 Å². The Morgan fingerprint density at radius 2 is 2.30 bits per heavy atom. The molecule has 1 aromatic carbocycles. The Kier molecular flexibility index (Phi) is 5.97. The molecule has 20 heavy (non-hydrogen) atoms. The van der Waals surface area contributed by atoms with Crippen LogP contribution in [0.2, 0.25) is 4.47 Å². The SMILES string of the molecule is COCCOc1cc(N)[c]c(SCc2csc(Cl)n2)c1. The van der Waals surface area contributed by atoms with E-state index in [-0.39, 0.29) is 0 Å². The van der Waals surface area contributed by atoms with E-state index in [1.807, 2.05) is 11.4 Å². The van der Waals surface area contributed by atoms with Crippen LogP contribution in [0.15, 0.2) is 22.4 Å². The van der Waals surface area contributed by atoms with E-state index in [0.717, 1.165) is 22.1 Å². The largest absolute Gasteiger partial charge is 0.491 e. The second-order valence-electron chi connectivity index (χ2n) is 3.86. The van der Waals surface area contributed by atoms with Crippen molar-refractivity contribution < 1.29 is 9.47 Å². The summed E-state index contributed by atoms with van der Waals surface area (Å²) < 4.78 is 11.1. The Morgan fingerprint density at radius 3 is 3.00 bits per heavy atom. The molecule has 107 valence electrons. The first-order valence-corrected chi connectivity index (χ1v) is 8.09. The Hall–Kier alpha value is -0.950. The van der Waals surface area contributed by atoms with Crippen molar-refractivity contribution in [2.45, 2.75) is 10.6 Å². The molecule has 0 fully saturated rings. The highest BCUT2D eigenvalue weighted by Crippen LogP contribution is 2.29. The number of halogens is 1. The molecule has 0 spiro atoms. The van der Waals surface area contributed by atoms with Gasteiger partial charge in [0.1, 0.15) is 12.4 Å². The molecule has 0 amide bonds. The van der Waals surface area contributed by atoms with Gasteiger partial charge in [-0.25, -0.2) is 4.98 Å². The maximum atomic E-state index is 5.82. The van der Waals surface area contributed by atoms with Crippen molar-refractivity contribution in [2.24, 2.45) is 0 Å². The van der Waals surface area contributed by atoms with Gasteiger partial charge in [-0.15, -0.1) is 23.1 Å². The van der Waals surface area contributed by atoms with Crippen molar-refractivity contribution >= 4 is 40.4 Å². The van der Waals surface area contributed by atoms with Gasteiger partial charge in [-0.2, -0.15) is 0 Å². The van der Waals surface area contributed by atoms with Crippen molar-refractivity contribution in [3.05, 3.63) is 33.7 Å². The molecule has 1 aromatic heterocycles. The van der Waals surface area contributed by atoms with Crippen LogP contribution in [0.5, 0.6) is 5.75 Å². The van der Waals surface area contributed by atoms with E-state index in [1.54, 1.807) is 24.9 Å². The first kappa shape index (κ1) is 15.4. The van der Waals surface area contributed by atoms with Gasteiger partial charge in [-0.05, 0) is 6.07 Å². The van der Waals surface area contributed by atoms with Gasteiger partial charge in [0.2, 0.25) is 0 Å². The van der Waals surface area contributed by atoms with E-state index in [9.17, 15) is 0 Å². The van der Waals surface area contributed by atoms with Crippen LogP contribution in [0.4, 0.5) is 5.69 Å². The molecule has 1 radical (unpaired) electrons. The molecule has 0 aliphatic heterocycles. The highest BCUT2D eigenvalue weighted by Gasteiger charge is 2.05. The van der Waals surface area contributed by atoms with Crippen LogP contribution in [-0.2, 0) is 10.5 Å². The molecule has 0 atom stereocenters. The molecule has 4 nitrogen and oxygen atoms in total. The van der Waals surface area contributed by atoms with Crippen molar-refractivity contribution in [2.75, 3.05) is 26.1 Å². The van der Waals surface area contributed by atoms with Crippen LogP contribution in [-0.4, -0.2) is 25.3 Å². The summed E-state index contributed by atoms with van der Waals surface area (Å²) in [5.74, 6) is 1.44. The van der Waals surface area contributed by atoms with E-state index in [2.05, 4.69) is 11.1 Å². The second kappa shape index (κ2) is 7.73. The van der Waals surface area contributed by atoms with E-state index in [0.29, 0.717) is 23.4 Å². The van der Waals surface area contributed by atoms with Gasteiger partial charge in [0, 0.05) is 41.0 Å². The smallest absolute Gasteiger partial charge is 0.183 e. The van der Waals surface area contributed by atoms with Gasteiger partial charge in [0.25, 0.3) is 0 Å². The standard InChI is InChI=1S/C13H14ClN2O2S2/c1-17-2-3-18-11-4-9(15)5-12(6-11)19-7-10-8-20-13(14)16-10/h4,6,8H,2-3,7,15H2,1H3. The minimum Gasteiger partial charge on any atom is -0.491 e. The first-order chi connectivity index (χ1) is 9.67. The third-order valence-corrected chi connectivity index (χ3v) is 4.29. The number of rotatable bonds is 7. The number of nitrogens with zero attached hydrogens (tertiary/aromatic N) is 1. The van der Waals surface area contributed by atoms with Gasteiger partial charge < -0.3 is 15.2 Å². The number of thioether (sulfide) groups is 1. The zero-order valence-corrected chi connectivity index (χ0v) is 13.3. The molecule has 0 saturated heterocycles. The normalized spacial score (nSPS) is 10.7. The summed E-state index contributed by atoms with van der Waals surface area (Å²) in [5, 5.41) is 1.94. The molecular weight excluding hydrogens is 316 g/mol. The van der Waals surface area contributed by atoms with E-state index in [4.69, 9.17) is 26.8 Å². The number of nitrogens with two attached hydrogens (primary N) is 1. The summed E-state index contributed by atoms with van der Waals surface area (Å²) in [6.45, 7) is 1.03. The number of hydrogen-bond acceptors (Lipinski definition) is 6. The van der Waals surface area contributed by atoms with Crippen LogP contribution in [0.25, 0.3) is 0 Å². The average molecular weight is 330 g/mol. The number of nitrogen functional groups attached to an aromatic ring is 1. The molecule has 2 aromatic rings. The van der Waals surface area contributed by atoms with Gasteiger partial charge in [-0.3, -0.25) is 0 Å². The van der Waals surface area contributed by atoms with Gasteiger partial charge >= 0.3 is 0 Å². The van der Waals surface area contributed by atoms with Crippen molar-refractivity contribution in [3.63, 3.8) is 0 Å². The summed E-state index contributed by atoms with van der Waals surface area (Å²) in [4.78, 5) is 5.12. The maximum absolute atomic E-state index is 5.82. The minimum atomic E-state index is 0.492. The highest BCUT2D eigenvalue weighted by molar-refractivity contribution is 7.98. The fraction of sp³-hybridized carbons (Fsp3) is 0.308. The second-order valence-corrected chi connectivity index (χ2v) is 6.31. The number of anilines is 1. The summed E-state index contributed by atoms with van der Waals surface area (Å²) in [6, 6.07) is 6.74. The summed E-state index contributed by atoms with van der Waals surface area (Å²) in [7, 11) is 1.64. The molecule has 7 heteroatoms. The third-order valence-electron chi connectivity index (χ3n) is 2.29. The van der Waals surface area contributed by atoms with E-state index in [1.165, 1.54) is 11.3 Å². The number of thiazole rings is 1. The molecule has 2 N–H and O–H groups in total. The van der Waals surface area contributed by atoms with Crippen LogP contribution in [0.3, 0.4) is 0 Å². The van der Waals surface area contributed by atoms with Gasteiger partial charge in [0.15, 0.2) is 4.47 Å². The molecule has 0 aliphatic rings. The lowest BCUT2D eigenvalue weighted by molar-refractivity contribution is 0.146. The zero-order valence-electron chi connectivity index (χ0n) is 10.9. The molecule has 0 bridgehead atoms. The van der Waals surface area contributed by atoms with Gasteiger partial charge in [0.05, 0.1) is 12.3 Å². The van der Waals surface area contributed by atoms with E-state index < -0.39 is 0 Å². The van der Waals surface area contributed by atoms with Gasteiger partial charge in [-0.1, -0.05) is 11.6 Å². The number of hydrogen-bond donors (Lipinski definition) is 1. The molecule has 1 heterocycles. The van der Waals surface area contributed by atoms with Crippen LogP contribution in [0, 0.1) is 6.07 Å². The minimum absolute atomic E-state index is 0.492. The molecule has 0 aliphatic carbocycles. The quantitative estimate of drug-likeness (QED) is 0.478.